The Bertz CT molecular complexity index is 622. The summed E-state index contributed by atoms with van der Waals surface area (Å²) in [5, 5.41) is 10.6. The van der Waals surface area contributed by atoms with Gasteiger partial charge in [0.25, 0.3) is 0 Å². The molecule has 0 radical (unpaired) electrons. The minimum absolute atomic E-state index is 0.0915. The molecule has 2 aliphatic carbocycles. The summed E-state index contributed by atoms with van der Waals surface area (Å²) in [4.78, 5) is 21.0. The van der Waals surface area contributed by atoms with Crippen molar-refractivity contribution in [1.29, 1.82) is 0 Å². The fourth-order valence-electron chi connectivity index (χ4n) is 4.35. The number of hydrogen-bond acceptors (Lipinski definition) is 4. The van der Waals surface area contributed by atoms with Crippen molar-refractivity contribution in [2.75, 3.05) is 39.3 Å². The smallest absolute Gasteiger partial charge is 0.317 e. The molecule has 2 saturated carbocycles. The predicted octanol–water partition coefficient (Wildman–Crippen LogP) is 1.13. The first kappa shape index (κ1) is 14.7. The van der Waals surface area contributed by atoms with E-state index in [1.807, 2.05) is 4.90 Å². The topological polar surface area (TPSA) is 77.2 Å². The normalized spacial score (nSPS) is 31.0. The van der Waals surface area contributed by atoms with E-state index < -0.39 is 0 Å². The second-order valence-electron chi connectivity index (χ2n) is 7.94. The van der Waals surface area contributed by atoms with Crippen LogP contribution in [0.25, 0.3) is 0 Å². The third-order valence-corrected chi connectivity index (χ3v) is 6.11. The van der Waals surface area contributed by atoms with Gasteiger partial charge in [-0.15, -0.1) is 0 Å². The van der Waals surface area contributed by atoms with Crippen LogP contribution >= 0.6 is 0 Å². The molecule has 1 aromatic heterocycles. The Morgan fingerprint density at radius 2 is 2.00 bits per heavy atom. The molecule has 0 bridgehead atoms. The van der Waals surface area contributed by atoms with Crippen LogP contribution in [0.4, 0.5) is 4.79 Å². The van der Waals surface area contributed by atoms with Crippen LogP contribution in [0.1, 0.15) is 49.2 Å². The van der Waals surface area contributed by atoms with Crippen LogP contribution in [0.2, 0.25) is 0 Å². The zero-order valence-corrected chi connectivity index (χ0v) is 14.1. The van der Waals surface area contributed by atoms with E-state index >= 15 is 0 Å². The van der Waals surface area contributed by atoms with E-state index in [9.17, 15) is 4.79 Å². The highest BCUT2D eigenvalue weighted by molar-refractivity contribution is 5.76. The Hall–Kier alpha value is -1.63. The van der Waals surface area contributed by atoms with Crippen molar-refractivity contribution in [3.05, 3.63) is 11.6 Å². The van der Waals surface area contributed by atoms with Crippen molar-refractivity contribution in [3.8, 4) is 0 Å². The lowest BCUT2D eigenvalue weighted by Gasteiger charge is -2.20. The van der Waals surface area contributed by atoms with Crippen LogP contribution in [0.5, 0.6) is 0 Å². The van der Waals surface area contributed by atoms with E-state index in [2.05, 4.69) is 20.4 Å². The molecule has 4 fully saturated rings. The number of rotatable bonds is 6. The number of aromatic amines is 1. The first-order chi connectivity index (χ1) is 11.8. The fourth-order valence-corrected chi connectivity index (χ4v) is 4.35. The Balaban J connectivity index is 1.25. The molecule has 5 rings (SSSR count). The molecule has 2 aliphatic heterocycles. The maximum Gasteiger partial charge on any atom is 0.317 e. The van der Waals surface area contributed by atoms with Crippen LogP contribution < -0.4 is 5.32 Å². The molecule has 0 spiro atoms. The monoisotopic (exact) mass is 330 g/mol. The van der Waals surface area contributed by atoms with Crippen LogP contribution in [-0.4, -0.2) is 70.3 Å². The highest BCUT2D eigenvalue weighted by atomic mass is 16.2. The lowest BCUT2D eigenvalue weighted by Crippen LogP contribution is -2.36. The number of nitrogens with zero attached hydrogens (tertiary/aromatic N) is 4. The largest absolute Gasteiger partial charge is 0.336 e. The van der Waals surface area contributed by atoms with Gasteiger partial charge in [-0.05, 0) is 37.5 Å². The zero-order chi connectivity index (χ0) is 16.1. The molecule has 0 aromatic carbocycles. The number of carbonyl (C=O) groups is 1. The van der Waals surface area contributed by atoms with Gasteiger partial charge in [0.05, 0.1) is 0 Å². The third-order valence-electron chi connectivity index (χ3n) is 6.11. The Morgan fingerprint density at radius 1 is 1.12 bits per heavy atom. The van der Waals surface area contributed by atoms with Gasteiger partial charge >= 0.3 is 6.03 Å². The van der Waals surface area contributed by atoms with Crippen molar-refractivity contribution >= 4 is 6.03 Å². The van der Waals surface area contributed by atoms with Crippen molar-refractivity contribution in [1.82, 2.24) is 30.3 Å². The summed E-state index contributed by atoms with van der Waals surface area (Å²) < 4.78 is 0. The number of H-pyrrole nitrogens is 1. The molecule has 1 aromatic rings. The molecular weight excluding hydrogens is 304 g/mol. The van der Waals surface area contributed by atoms with Crippen molar-refractivity contribution in [2.45, 2.75) is 37.5 Å². The number of nitrogens with one attached hydrogen (secondary N) is 2. The Morgan fingerprint density at radius 3 is 2.71 bits per heavy atom. The van der Waals surface area contributed by atoms with Crippen molar-refractivity contribution in [3.63, 3.8) is 0 Å². The van der Waals surface area contributed by atoms with Crippen molar-refractivity contribution in [2.24, 2.45) is 11.8 Å². The summed E-state index contributed by atoms with van der Waals surface area (Å²) in [5.74, 6) is 4.81. The van der Waals surface area contributed by atoms with Gasteiger partial charge in [-0.25, -0.2) is 9.78 Å². The van der Waals surface area contributed by atoms with E-state index in [1.165, 1.54) is 25.7 Å². The third kappa shape index (κ3) is 2.79. The number of likely N-dealkylation sites (tertiary alicyclic amines) is 1. The predicted molar refractivity (Wildman–Crippen MR) is 88.7 cm³/mol. The van der Waals surface area contributed by atoms with E-state index in [4.69, 9.17) is 4.98 Å². The summed E-state index contributed by atoms with van der Waals surface area (Å²) in [6.45, 7) is 5.62. The number of hydrogen-bond donors (Lipinski definition) is 2. The number of aromatic nitrogens is 3. The average Bonchev–Trinajstić information content (AvgIpc) is 3.48. The van der Waals surface area contributed by atoms with Crippen molar-refractivity contribution < 1.29 is 4.79 Å². The Kier molecular flexibility index (Phi) is 3.50. The highest BCUT2D eigenvalue weighted by Gasteiger charge is 2.44. The summed E-state index contributed by atoms with van der Waals surface area (Å²) in [6.07, 6.45) is 5.23. The summed E-state index contributed by atoms with van der Waals surface area (Å²) in [7, 11) is 0. The van der Waals surface area contributed by atoms with Gasteiger partial charge in [0.1, 0.15) is 5.82 Å². The van der Waals surface area contributed by atoms with Gasteiger partial charge in [0.15, 0.2) is 5.82 Å². The molecule has 24 heavy (non-hydrogen) atoms. The minimum atomic E-state index is 0.0915. The van der Waals surface area contributed by atoms with E-state index in [0.29, 0.717) is 17.8 Å². The summed E-state index contributed by atoms with van der Waals surface area (Å²) in [6, 6.07) is 0.0915. The standard InChI is InChI=1S/C17H26N6O/c24-17-18-5-6-23(17)8-7-22-9-13(11-1-2-11)14(10-22)16-19-15(20-21-16)12-3-4-12/h11-14H,1-10H2,(H,18,24)(H,19,20,21)/t13-,14+/m1/s1. The van der Waals surface area contributed by atoms with Crippen LogP contribution in [-0.2, 0) is 0 Å². The van der Waals surface area contributed by atoms with E-state index in [0.717, 1.165) is 56.8 Å². The number of urea groups is 1. The summed E-state index contributed by atoms with van der Waals surface area (Å²) in [5.41, 5.74) is 0. The summed E-state index contributed by atoms with van der Waals surface area (Å²) >= 11 is 0. The van der Waals surface area contributed by atoms with Gasteiger partial charge < -0.3 is 15.1 Å². The molecule has 4 aliphatic rings. The van der Waals surface area contributed by atoms with Gasteiger partial charge in [-0.2, -0.15) is 5.10 Å². The molecule has 7 nitrogen and oxygen atoms in total. The van der Waals surface area contributed by atoms with Gasteiger partial charge in [0.2, 0.25) is 0 Å². The van der Waals surface area contributed by atoms with E-state index in [1.54, 1.807) is 0 Å². The molecule has 130 valence electrons. The maximum atomic E-state index is 11.7. The molecule has 2 N–H and O–H groups in total. The minimum Gasteiger partial charge on any atom is -0.336 e. The molecule has 2 saturated heterocycles. The Labute approximate surface area is 142 Å². The molecule has 2 amide bonds. The SMILES string of the molecule is O=C1NCCN1CCN1C[C@H](c2nc(C3CC3)n[nH]2)[C@@H](C2CC2)C1. The fraction of sp³-hybridized carbons (Fsp3) is 0.824. The molecule has 2 atom stereocenters. The molecule has 0 unspecified atom stereocenters. The average molecular weight is 330 g/mol. The molecular formula is C17H26N6O. The van der Waals surface area contributed by atoms with Crippen LogP contribution in [0.15, 0.2) is 0 Å². The van der Waals surface area contributed by atoms with Gasteiger partial charge in [-0.3, -0.25) is 5.10 Å². The van der Waals surface area contributed by atoms with Gasteiger partial charge in [0, 0.05) is 51.1 Å². The first-order valence-electron chi connectivity index (χ1n) is 9.45. The lowest BCUT2D eigenvalue weighted by atomic mass is 9.91. The zero-order valence-electron chi connectivity index (χ0n) is 14.1. The van der Waals surface area contributed by atoms with Crippen LogP contribution in [0.3, 0.4) is 0 Å². The quantitative estimate of drug-likeness (QED) is 0.820. The van der Waals surface area contributed by atoms with Gasteiger partial charge in [-0.1, -0.05) is 0 Å². The molecule has 3 heterocycles. The highest BCUT2D eigenvalue weighted by Crippen LogP contribution is 2.47. The first-order valence-corrected chi connectivity index (χ1v) is 9.45. The molecule has 7 heteroatoms. The second kappa shape index (κ2) is 5.72. The second-order valence-corrected chi connectivity index (χ2v) is 7.94. The van der Waals surface area contributed by atoms with Crippen LogP contribution in [0, 0.1) is 11.8 Å². The number of carbonyl (C=O) groups excluding carboxylic acids is 1. The maximum absolute atomic E-state index is 11.7. The van der Waals surface area contributed by atoms with E-state index in [-0.39, 0.29) is 6.03 Å². The lowest BCUT2D eigenvalue weighted by molar-refractivity contribution is 0.207. The number of amides is 2.